The van der Waals surface area contributed by atoms with Crippen LogP contribution >= 0.6 is 0 Å². The second-order valence-corrected chi connectivity index (χ2v) is 2.83. The van der Waals surface area contributed by atoms with Gasteiger partial charge in [0.05, 0.1) is 13.2 Å². The molecule has 0 N–H and O–H groups in total. The van der Waals surface area contributed by atoms with Gasteiger partial charge in [-0.25, -0.2) is 0 Å². The van der Waals surface area contributed by atoms with E-state index < -0.39 is 0 Å². The van der Waals surface area contributed by atoms with Crippen molar-refractivity contribution in [1.82, 2.24) is 4.90 Å². The second kappa shape index (κ2) is 2.66. The molecule has 2 aliphatic heterocycles. The zero-order valence-electron chi connectivity index (χ0n) is 6.38. The monoisotopic (exact) mass is 153 g/mol. The number of allylic oxidation sites excluding steroid dienone is 1. The van der Waals surface area contributed by atoms with E-state index in [4.69, 9.17) is 4.74 Å². The number of rotatable bonds is 0. The van der Waals surface area contributed by atoms with E-state index in [0.29, 0.717) is 19.6 Å². The van der Waals surface area contributed by atoms with Crippen molar-refractivity contribution in [2.75, 3.05) is 19.8 Å². The van der Waals surface area contributed by atoms with E-state index in [1.165, 1.54) is 0 Å². The molecule has 0 radical (unpaired) electrons. The number of ether oxygens (including phenoxy) is 1. The van der Waals surface area contributed by atoms with Gasteiger partial charge in [-0.3, -0.25) is 4.79 Å². The van der Waals surface area contributed by atoms with Crippen molar-refractivity contribution >= 4 is 5.91 Å². The van der Waals surface area contributed by atoms with Crippen molar-refractivity contribution in [3.8, 4) is 0 Å². The molecule has 3 nitrogen and oxygen atoms in total. The van der Waals surface area contributed by atoms with E-state index in [1.807, 2.05) is 4.90 Å². The number of nitrogens with zero attached hydrogens (tertiary/aromatic N) is 1. The topological polar surface area (TPSA) is 29.5 Å². The van der Waals surface area contributed by atoms with Crippen LogP contribution in [-0.4, -0.2) is 30.6 Å². The van der Waals surface area contributed by atoms with Crippen LogP contribution in [0.25, 0.3) is 0 Å². The third-order valence-corrected chi connectivity index (χ3v) is 2.10. The fourth-order valence-corrected chi connectivity index (χ4v) is 1.51. The minimum atomic E-state index is 0.255. The summed E-state index contributed by atoms with van der Waals surface area (Å²) in [6.07, 6.45) is 3.65. The number of amides is 1. The molecule has 1 saturated heterocycles. The Bertz CT molecular complexity index is 210. The maximum Gasteiger partial charge on any atom is 0.227 e. The smallest absolute Gasteiger partial charge is 0.227 e. The Morgan fingerprint density at radius 2 is 2.45 bits per heavy atom. The maximum atomic E-state index is 11.3. The molecular formula is C8H11NO2. The second-order valence-electron chi connectivity index (χ2n) is 2.83. The minimum Gasteiger partial charge on any atom is -0.373 e. The molecule has 2 aliphatic rings. The third-order valence-electron chi connectivity index (χ3n) is 2.10. The van der Waals surface area contributed by atoms with Gasteiger partial charge in [-0.15, -0.1) is 0 Å². The zero-order valence-corrected chi connectivity index (χ0v) is 6.38. The molecule has 2 heterocycles. The molecule has 11 heavy (non-hydrogen) atoms. The summed E-state index contributed by atoms with van der Waals surface area (Å²) in [4.78, 5) is 13.1. The van der Waals surface area contributed by atoms with Gasteiger partial charge < -0.3 is 9.64 Å². The molecule has 60 valence electrons. The van der Waals surface area contributed by atoms with Gasteiger partial charge in [0.25, 0.3) is 0 Å². The molecule has 0 aromatic heterocycles. The molecule has 2 rings (SSSR count). The van der Waals surface area contributed by atoms with Crippen LogP contribution in [0, 0.1) is 0 Å². The number of hydrogen-bond donors (Lipinski definition) is 0. The maximum absolute atomic E-state index is 11.3. The molecule has 0 saturated carbocycles. The fraction of sp³-hybridized carbons (Fsp3) is 0.625. The van der Waals surface area contributed by atoms with Crippen molar-refractivity contribution in [3.63, 3.8) is 0 Å². The summed E-state index contributed by atoms with van der Waals surface area (Å²) in [6, 6.07) is 0. The molecule has 0 bridgehead atoms. The highest BCUT2D eigenvalue weighted by molar-refractivity contribution is 5.79. The lowest BCUT2D eigenvalue weighted by atomic mass is 10.1. The molecule has 0 aromatic rings. The Kier molecular flexibility index (Phi) is 1.66. The number of carbonyl (C=O) groups is 1. The Balaban J connectivity index is 2.19. The standard InChI is InChI=1S/C8H11NO2/c10-8-3-1-2-7-6-11-5-4-9(7)8/h2H,1,3-6H2. The Hall–Kier alpha value is -0.830. The van der Waals surface area contributed by atoms with Crippen LogP contribution in [0.2, 0.25) is 0 Å². The van der Waals surface area contributed by atoms with E-state index in [9.17, 15) is 4.79 Å². The molecule has 0 aliphatic carbocycles. The van der Waals surface area contributed by atoms with Crippen LogP contribution in [0.5, 0.6) is 0 Å². The van der Waals surface area contributed by atoms with Crippen LogP contribution in [0.15, 0.2) is 11.8 Å². The first-order chi connectivity index (χ1) is 5.38. The summed E-state index contributed by atoms with van der Waals surface area (Å²) in [7, 11) is 0. The van der Waals surface area contributed by atoms with Crippen molar-refractivity contribution in [1.29, 1.82) is 0 Å². The Morgan fingerprint density at radius 1 is 1.55 bits per heavy atom. The van der Waals surface area contributed by atoms with Crippen LogP contribution < -0.4 is 0 Å². The van der Waals surface area contributed by atoms with Gasteiger partial charge in [0.15, 0.2) is 0 Å². The summed E-state index contributed by atoms with van der Waals surface area (Å²) >= 11 is 0. The van der Waals surface area contributed by atoms with Gasteiger partial charge in [-0.2, -0.15) is 0 Å². The third kappa shape index (κ3) is 1.16. The van der Waals surface area contributed by atoms with Gasteiger partial charge in [-0.1, -0.05) is 6.08 Å². The average Bonchev–Trinajstić information content (AvgIpc) is 2.06. The van der Waals surface area contributed by atoms with Crippen molar-refractivity contribution < 1.29 is 9.53 Å². The molecule has 1 amide bonds. The van der Waals surface area contributed by atoms with Crippen molar-refractivity contribution in [2.45, 2.75) is 12.8 Å². The quantitative estimate of drug-likeness (QED) is 0.508. The summed E-state index contributed by atoms with van der Waals surface area (Å²) < 4.78 is 5.23. The first-order valence-corrected chi connectivity index (χ1v) is 3.95. The van der Waals surface area contributed by atoms with Gasteiger partial charge in [-0.05, 0) is 6.42 Å². The largest absolute Gasteiger partial charge is 0.373 e. The summed E-state index contributed by atoms with van der Waals surface area (Å²) in [6.45, 7) is 2.04. The first kappa shape index (κ1) is 6.85. The van der Waals surface area contributed by atoms with Crippen LogP contribution in [0.4, 0.5) is 0 Å². The molecule has 0 unspecified atom stereocenters. The predicted octanol–water partition coefficient (Wildman–Crippen LogP) is 0.523. The normalized spacial score (nSPS) is 24.5. The van der Waals surface area contributed by atoms with Crippen molar-refractivity contribution in [2.24, 2.45) is 0 Å². The first-order valence-electron chi connectivity index (χ1n) is 3.95. The van der Waals surface area contributed by atoms with Crippen LogP contribution in [0.1, 0.15) is 12.8 Å². The van der Waals surface area contributed by atoms with Gasteiger partial charge in [0, 0.05) is 18.7 Å². The summed E-state index contributed by atoms with van der Waals surface area (Å²) in [5, 5.41) is 0. The molecule has 0 aromatic carbocycles. The number of carbonyl (C=O) groups excluding carboxylic acids is 1. The minimum absolute atomic E-state index is 0.255. The lowest BCUT2D eigenvalue weighted by Crippen LogP contribution is -2.40. The van der Waals surface area contributed by atoms with E-state index >= 15 is 0 Å². The Labute approximate surface area is 65.6 Å². The lowest BCUT2D eigenvalue weighted by Gasteiger charge is -2.32. The molecule has 0 spiro atoms. The van der Waals surface area contributed by atoms with Crippen LogP contribution in [-0.2, 0) is 9.53 Å². The average molecular weight is 153 g/mol. The predicted molar refractivity (Wildman–Crippen MR) is 39.8 cm³/mol. The highest BCUT2D eigenvalue weighted by atomic mass is 16.5. The highest BCUT2D eigenvalue weighted by Crippen LogP contribution is 2.18. The van der Waals surface area contributed by atoms with E-state index in [0.717, 1.165) is 18.7 Å². The summed E-state index contributed by atoms with van der Waals surface area (Å²) in [5.74, 6) is 0.255. The van der Waals surface area contributed by atoms with Crippen molar-refractivity contribution in [3.05, 3.63) is 11.8 Å². The van der Waals surface area contributed by atoms with E-state index in [-0.39, 0.29) is 5.91 Å². The molecule has 1 fully saturated rings. The lowest BCUT2D eigenvalue weighted by molar-refractivity contribution is -0.132. The fourth-order valence-electron chi connectivity index (χ4n) is 1.51. The SMILES string of the molecule is O=C1CCC=C2COCCN12. The van der Waals surface area contributed by atoms with Gasteiger partial charge in [0.1, 0.15) is 0 Å². The Morgan fingerprint density at radius 3 is 3.27 bits per heavy atom. The zero-order chi connectivity index (χ0) is 7.68. The van der Waals surface area contributed by atoms with Crippen LogP contribution in [0.3, 0.4) is 0 Å². The number of hydrogen-bond acceptors (Lipinski definition) is 2. The molecule has 0 atom stereocenters. The highest BCUT2D eigenvalue weighted by Gasteiger charge is 2.23. The molecular weight excluding hydrogens is 142 g/mol. The van der Waals surface area contributed by atoms with Gasteiger partial charge in [0.2, 0.25) is 5.91 Å². The summed E-state index contributed by atoms with van der Waals surface area (Å²) in [5.41, 5.74) is 1.06. The van der Waals surface area contributed by atoms with Gasteiger partial charge >= 0.3 is 0 Å². The van der Waals surface area contributed by atoms with E-state index in [1.54, 1.807) is 0 Å². The van der Waals surface area contributed by atoms with E-state index in [2.05, 4.69) is 6.08 Å². The number of morpholine rings is 1. The molecule has 3 heteroatoms. The number of fused-ring (bicyclic) bond motifs is 1.